The van der Waals surface area contributed by atoms with Crippen molar-refractivity contribution >= 4 is 71.7 Å². The van der Waals surface area contributed by atoms with Crippen molar-refractivity contribution in [2.45, 2.75) is 0 Å². The Kier molecular flexibility index (Phi) is 7.17. The first-order chi connectivity index (χ1) is 27.3. The van der Waals surface area contributed by atoms with E-state index in [4.69, 9.17) is 8.83 Å². The van der Waals surface area contributed by atoms with Gasteiger partial charge in [-0.15, -0.1) is 0 Å². The number of hydrogen-bond donors (Lipinski definition) is 0. The predicted octanol–water partition coefficient (Wildman–Crippen LogP) is 15.1. The third-order valence-corrected chi connectivity index (χ3v) is 10.9. The van der Waals surface area contributed by atoms with Crippen LogP contribution in [0.25, 0.3) is 88.0 Å². The first kappa shape index (κ1) is 31.2. The summed E-state index contributed by atoms with van der Waals surface area (Å²) < 4.78 is 13.1. The number of benzene rings is 9. The Morgan fingerprint density at radius 3 is 1.71 bits per heavy atom. The van der Waals surface area contributed by atoms with Crippen molar-refractivity contribution in [1.29, 1.82) is 0 Å². The van der Waals surface area contributed by atoms with Crippen LogP contribution in [-0.2, 0) is 0 Å². The highest BCUT2D eigenvalue weighted by molar-refractivity contribution is 6.14. The lowest BCUT2D eigenvalue weighted by atomic mass is 9.97. The molecule has 9 aromatic carbocycles. The number of fused-ring (bicyclic) bond motifs is 7. The smallest absolute Gasteiger partial charge is 0.160 e. The van der Waals surface area contributed by atoms with Gasteiger partial charge in [0.1, 0.15) is 16.7 Å². The second kappa shape index (κ2) is 12.6. The van der Waals surface area contributed by atoms with Gasteiger partial charge in [0.25, 0.3) is 0 Å². The Bertz CT molecular complexity index is 3190. The van der Waals surface area contributed by atoms with Crippen LogP contribution in [0, 0.1) is 0 Å². The zero-order chi connectivity index (χ0) is 36.3. The quantitative estimate of drug-likeness (QED) is 0.173. The van der Waals surface area contributed by atoms with Gasteiger partial charge in [-0.2, -0.15) is 0 Å². The second-order valence-electron chi connectivity index (χ2n) is 14.1. The van der Waals surface area contributed by atoms with Crippen LogP contribution in [0.4, 0.5) is 17.1 Å². The SMILES string of the molecule is c1ccc(-c2ccc3c(oc4ccccc43)c2N(c2ccc(-c3ccc4ccccc4c3)cc2)c2ccc(-c3cccc4oc5ccccc5c34)cc2)cc1. The summed E-state index contributed by atoms with van der Waals surface area (Å²) in [5, 5.41) is 6.90. The van der Waals surface area contributed by atoms with Gasteiger partial charge in [-0.05, 0) is 93.2 Å². The molecule has 3 nitrogen and oxygen atoms in total. The highest BCUT2D eigenvalue weighted by Crippen LogP contribution is 2.48. The zero-order valence-electron chi connectivity index (χ0n) is 29.8. The molecular weight excluding hydrogens is 671 g/mol. The minimum Gasteiger partial charge on any atom is -0.456 e. The monoisotopic (exact) mass is 703 g/mol. The molecule has 0 amide bonds. The summed E-state index contributed by atoms with van der Waals surface area (Å²) in [6.45, 7) is 0. The van der Waals surface area contributed by atoms with Crippen LogP contribution in [0.5, 0.6) is 0 Å². The van der Waals surface area contributed by atoms with Gasteiger partial charge in [-0.1, -0.05) is 146 Å². The van der Waals surface area contributed by atoms with Crippen LogP contribution in [0.1, 0.15) is 0 Å². The summed E-state index contributed by atoms with van der Waals surface area (Å²) >= 11 is 0. The van der Waals surface area contributed by atoms with E-state index in [0.717, 1.165) is 88.8 Å². The molecule has 0 spiro atoms. The van der Waals surface area contributed by atoms with Crippen LogP contribution in [-0.4, -0.2) is 0 Å². The van der Waals surface area contributed by atoms with Crippen LogP contribution in [0.3, 0.4) is 0 Å². The van der Waals surface area contributed by atoms with E-state index in [1.807, 2.05) is 18.2 Å². The van der Waals surface area contributed by atoms with Crippen LogP contribution in [0.2, 0.25) is 0 Å². The fraction of sp³-hybridized carbons (Fsp3) is 0. The molecule has 11 aromatic rings. The summed E-state index contributed by atoms with van der Waals surface area (Å²) in [6.07, 6.45) is 0. The summed E-state index contributed by atoms with van der Waals surface area (Å²) in [4.78, 5) is 2.36. The molecule has 258 valence electrons. The molecule has 0 unspecified atom stereocenters. The third-order valence-electron chi connectivity index (χ3n) is 10.9. The molecule has 2 heterocycles. The van der Waals surface area contributed by atoms with Gasteiger partial charge in [0.2, 0.25) is 0 Å². The van der Waals surface area contributed by atoms with Crippen molar-refractivity contribution in [1.82, 2.24) is 0 Å². The van der Waals surface area contributed by atoms with E-state index in [2.05, 4.69) is 187 Å². The Balaban J connectivity index is 1.12. The Hall–Kier alpha value is -7.36. The first-order valence-corrected chi connectivity index (χ1v) is 18.7. The number of hydrogen-bond acceptors (Lipinski definition) is 3. The molecule has 0 N–H and O–H groups in total. The Morgan fingerprint density at radius 1 is 0.327 bits per heavy atom. The maximum absolute atomic E-state index is 6.82. The Labute approximate surface area is 317 Å². The van der Waals surface area contributed by atoms with Crippen LogP contribution < -0.4 is 4.90 Å². The summed E-state index contributed by atoms with van der Waals surface area (Å²) in [5.41, 5.74) is 13.4. The molecule has 11 rings (SSSR count). The molecule has 55 heavy (non-hydrogen) atoms. The van der Waals surface area contributed by atoms with Gasteiger partial charge in [0, 0.05) is 38.5 Å². The van der Waals surface area contributed by atoms with Crippen LogP contribution >= 0.6 is 0 Å². The van der Waals surface area contributed by atoms with Crippen molar-refractivity contribution in [2.24, 2.45) is 0 Å². The number of anilines is 3. The lowest BCUT2D eigenvalue weighted by molar-refractivity contribution is 0.668. The van der Waals surface area contributed by atoms with Gasteiger partial charge >= 0.3 is 0 Å². The lowest BCUT2D eigenvalue weighted by Crippen LogP contribution is -2.11. The van der Waals surface area contributed by atoms with Gasteiger partial charge in [-0.3, -0.25) is 0 Å². The molecule has 0 aliphatic rings. The normalized spacial score (nSPS) is 11.6. The van der Waals surface area contributed by atoms with E-state index in [0.29, 0.717) is 0 Å². The van der Waals surface area contributed by atoms with E-state index in [9.17, 15) is 0 Å². The molecule has 2 aromatic heterocycles. The highest BCUT2D eigenvalue weighted by Gasteiger charge is 2.24. The van der Waals surface area contributed by atoms with Crippen LogP contribution in [0.15, 0.2) is 209 Å². The van der Waals surface area contributed by atoms with E-state index < -0.39 is 0 Å². The van der Waals surface area contributed by atoms with Crippen molar-refractivity contribution in [3.8, 4) is 33.4 Å². The molecule has 3 heteroatoms. The molecule has 0 radical (unpaired) electrons. The average Bonchev–Trinajstić information content (AvgIpc) is 3.83. The summed E-state index contributed by atoms with van der Waals surface area (Å²) in [7, 11) is 0. The standard InChI is InChI=1S/C52H33NO2/c1-2-12-36(13-3-1)43-31-32-45-44-15-6-8-18-47(44)55-52(45)51(43)53(40-27-23-35(24-28-40)39-22-21-34-11-4-5-14-38(34)33-39)41-29-25-37(26-30-41)42-17-10-20-49-50(42)46-16-7-9-19-48(46)54-49/h1-33H. The van der Waals surface area contributed by atoms with E-state index in [1.54, 1.807) is 0 Å². The first-order valence-electron chi connectivity index (χ1n) is 18.7. The van der Waals surface area contributed by atoms with Gasteiger partial charge in [-0.25, -0.2) is 0 Å². The second-order valence-corrected chi connectivity index (χ2v) is 14.1. The van der Waals surface area contributed by atoms with Crippen molar-refractivity contribution in [3.63, 3.8) is 0 Å². The molecule has 0 aliphatic carbocycles. The van der Waals surface area contributed by atoms with E-state index in [-0.39, 0.29) is 0 Å². The molecule has 0 bridgehead atoms. The molecule has 0 atom stereocenters. The molecule has 0 saturated carbocycles. The summed E-state index contributed by atoms with van der Waals surface area (Å²) in [5.74, 6) is 0. The van der Waals surface area contributed by atoms with Gasteiger partial charge < -0.3 is 13.7 Å². The number of rotatable bonds is 6. The van der Waals surface area contributed by atoms with Gasteiger partial charge in [0.15, 0.2) is 5.58 Å². The van der Waals surface area contributed by atoms with Gasteiger partial charge in [0.05, 0.1) is 5.69 Å². The molecule has 0 saturated heterocycles. The van der Waals surface area contributed by atoms with Crippen molar-refractivity contribution < 1.29 is 8.83 Å². The topological polar surface area (TPSA) is 29.5 Å². The maximum atomic E-state index is 6.82. The zero-order valence-corrected chi connectivity index (χ0v) is 29.8. The number of para-hydroxylation sites is 2. The minimum atomic E-state index is 0.847. The molecule has 0 fully saturated rings. The Morgan fingerprint density at radius 2 is 0.927 bits per heavy atom. The van der Waals surface area contributed by atoms with Crippen molar-refractivity contribution in [2.75, 3.05) is 4.90 Å². The lowest BCUT2D eigenvalue weighted by Gasteiger charge is -2.28. The minimum absolute atomic E-state index is 0.847. The number of furan rings is 2. The largest absolute Gasteiger partial charge is 0.456 e. The van der Waals surface area contributed by atoms with E-state index >= 15 is 0 Å². The molecular formula is C52H33NO2. The maximum Gasteiger partial charge on any atom is 0.160 e. The fourth-order valence-corrected chi connectivity index (χ4v) is 8.23. The number of nitrogens with zero attached hydrogens (tertiary/aromatic N) is 1. The average molecular weight is 704 g/mol. The fourth-order valence-electron chi connectivity index (χ4n) is 8.23. The predicted molar refractivity (Wildman–Crippen MR) is 229 cm³/mol. The summed E-state index contributed by atoms with van der Waals surface area (Å²) in [6, 6.07) is 71.0. The molecule has 0 aliphatic heterocycles. The third kappa shape index (κ3) is 5.20. The van der Waals surface area contributed by atoms with Crippen molar-refractivity contribution in [3.05, 3.63) is 200 Å². The van der Waals surface area contributed by atoms with E-state index in [1.165, 1.54) is 16.3 Å². The highest BCUT2D eigenvalue weighted by atomic mass is 16.3.